The third kappa shape index (κ3) is 2.34. The second kappa shape index (κ2) is 5.19. The Morgan fingerprint density at radius 2 is 2.00 bits per heavy atom. The van der Waals surface area contributed by atoms with Crippen molar-refractivity contribution in [2.45, 2.75) is 37.3 Å². The minimum absolute atomic E-state index is 0.0791. The monoisotopic (exact) mass is 274 g/mol. The van der Waals surface area contributed by atoms with E-state index in [2.05, 4.69) is 12.1 Å². The Bertz CT molecular complexity index is 490. The second-order valence-corrected chi connectivity index (χ2v) is 6.03. The molecule has 1 amide bonds. The van der Waals surface area contributed by atoms with Crippen molar-refractivity contribution in [2.75, 3.05) is 20.2 Å². The summed E-state index contributed by atoms with van der Waals surface area (Å²) < 4.78 is 5.39. The van der Waals surface area contributed by atoms with Gasteiger partial charge in [0.05, 0.1) is 6.10 Å². The van der Waals surface area contributed by atoms with E-state index in [1.165, 1.54) is 11.1 Å². The first-order valence-corrected chi connectivity index (χ1v) is 7.30. The Kier molecular flexibility index (Phi) is 3.52. The summed E-state index contributed by atoms with van der Waals surface area (Å²) in [6.07, 6.45) is 3.47. The lowest BCUT2D eigenvalue weighted by molar-refractivity contribution is -0.140. The minimum atomic E-state index is -0.765. The van der Waals surface area contributed by atoms with Crippen molar-refractivity contribution in [1.29, 1.82) is 0 Å². The van der Waals surface area contributed by atoms with Gasteiger partial charge in [-0.1, -0.05) is 24.3 Å². The molecule has 0 bridgehead atoms. The predicted molar refractivity (Wildman–Crippen MR) is 77.4 cm³/mol. The van der Waals surface area contributed by atoms with Gasteiger partial charge in [-0.25, -0.2) is 0 Å². The molecule has 1 heterocycles. The van der Waals surface area contributed by atoms with Crippen LogP contribution in [0.1, 0.15) is 24.0 Å². The number of hydrogen-bond donors (Lipinski definition) is 1. The maximum atomic E-state index is 12.8. The van der Waals surface area contributed by atoms with Crippen molar-refractivity contribution in [2.24, 2.45) is 5.73 Å². The van der Waals surface area contributed by atoms with E-state index in [9.17, 15) is 4.79 Å². The molecule has 4 heteroatoms. The van der Waals surface area contributed by atoms with E-state index in [1.54, 1.807) is 7.11 Å². The van der Waals surface area contributed by atoms with E-state index in [1.807, 2.05) is 17.0 Å². The molecule has 3 rings (SSSR count). The molecule has 0 spiro atoms. The van der Waals surface area contributed by atoms with E-state index in [-0.39, 0.29) is 12.0 Å². The van der Waals surface area contributed by atoms with Crippen LogP contribution in [0.2, 0.25) is 0 Å². The first kappa shape index (κ1) is 13.6. The van der Waals surface area contributed by atoms with Gasteiger partial charge in [0.25, 0.3) is 0 Å². The summed E-state index contributed by atoms with van der Waals surface area (Å²) >= 11 is 0. The molecular weight excluding hydrogens is 252 g/mol. The van der Waals surface area contributed by atoms with Crippen LogP contribution in [0.5, 0.6) is 0 Å². The van der Waals surface area contributed by atoms with E-state index in [0.29, 0.717) is 19.4 Å². The van der Waals surface area contributed by atoms with Gasteiger partial charge in [0.1, 0.15) is 5.54 Å². The highest BCUT2D eigenvalue weighted by atomic mass is 16.5. The van der Waals surface area contributed by atoms with Gasteiger partial charge in [-0.15, -0.1) is 0 Å². The summed E-state index contributed by atoms with van der Waals surface area (Å²) in [5.41, 5.74) is 8.10. The highest BCUT2D eigenvalue weighted by Gasteiger charge is 2.43. The van der Waals surface area contributed by atoms with Gasteiger partial charge in [0, 0.05) is 20.2 Å². The van der Waals surface area contributed by atoms with Crippen LogP contribution >= 0.6 is 0 Å². The van der Waals surface area contributed by atoms with Crippen LogP contribution in [0.25, 0.3) is 0 Å². The number of carbonyl (C=O) groups is 1. The van der Waals surface area contributed by atoms with Crippen molar-refractivity contribution in [3.63, 3.8) is 0 Å². The van der Waals surface area contributed by atoms with E-state index in [0.717, 1.165) is 19.4 Å². The molecule has 1 saturated heterocycles. The Morgan fingerprint density at radius 1 is 1.35 bits per heavy atom. The maximum Gasteiger partial charge on any atom is 0.243 e. The Hall–Kier alpha value is -1.39. The van der Waals surface area contributed by atoms with Crippen molar-refractivity contribution in [3.8, 4) is 0 Å². The molecule has 1 fully saturated rings. The standard InChI is InChI=1S/C16H22N2O2/c1-20-14-7-4-8-18(11-14)15(19)16(17)9-12-5-2-3-6-13(12)10-16/h2-3,5-6,14H,4,7-11,17H2,1H3/t14-/m0/s1. The third-order valence-corrected chi connectivity index (χ3v) is 4.55. The molecule has 1 aromatic carbocycles. The van der Waals surface area contributed by atoms with Crippen molar-refractivity contribution in [1.82, 2.24) is 4.90 Å². The SMILES string of the molecule is CO[C@H]1CCCN(C(=O)C2(N)Cc3ccccc3C2)C1. The molecule has 0 saturated carbocycles. The van der Waals surface area contributed by atoms with Crippen LogP contribution in [-0.4, -0.2) is 42.6 Å². The molecule has 20 heavy (non-hydrogen) atoms. The first-order valence-electron chi connectivity index (χ1n) is 7.30. The Balaban J connectivity index is 1.75. The van der Waals surface area contributed by atoms with Crippen LogP contribution in [0, 0.1) is 0 Å². The van der Waals surface area contributed by atoms with Crippen molar-refractivity contribution >= 4 is 5.91 Å². The zero-order valence-corrected chi connectivity index (χ0v) is 12.0. The van der Waals surface area contributed by atoms with Crippen molar-refractivity contribution in [3.05, 3.63) is 35.4 Å². The zero-order chi connectivity index (χ0) is 14.2. The third-order valence-electron chi connectivity index (χ3n) is 4.55. The average molecular weight is 274 g/mol. The van der Waals surface area contributed by atoms with Crippen LogP contribution in [0.15, 0.2) is 24.3 Å². The fourth-order valence-corrected chi connectivity index (χ4v) is 3.43. The quantitative estimate of drug-likeness (QED) is 0.879. The molecule has 108 valence electrons. The second-order valence-electron chi connectivity index (χ2n) is 6.03. The topological polar surface area (TPSA) is 55.6 Å². The van der Waals surface area contributed by atoms with Gasteiger partial charge in [-0.05, 0) is 36.8 Å². The summed E-state index contributed by atoms with van der Waals surface area (Å²) in [4.78, 5) is 14.7. The largest absolute Gasteiger partial charge is 0.380 e. The van der Waals surface area contributed by atoms with Gasteiger partial charge >= 0.3 is 0 Å². The molecule has 1 aliphatic heterocycles. The molecule has 1 aromatic rings. The van der Waals surface area contributed by atoms with E-state index in [4.69, 9.17) is 10.5 Å². The number of nitrogens with zero attached hydrogens (tertiary/aromatic N) is 1. The number of nitrogens with two attached hydrogens (primary N) is 1. The molecule has 0 unspecified atom stereocenters. The lowest BCUT2D eigenvalue weighted by Crippen LogP contribution is -2.58. The number of hydrogen-bond acceptors (Lipinski definition) is 3. The highest BCUT2D eigenvalue weighted by Crippen LogP contribution is 2.30. The number of benzene rings is 1. The van der Waals surface area contributed by atoms with Gasteiger partial charge < -0.3 is 15.4 Å². The number of likely N-dealkylation sites (tertiary alicyclic amines) is 1. The molecule has 1 aliphatic carbocycles. The fraction of sp³-hybridized carbons (Fsp3) is 0.562. The number of ether oxygens (including phenoxy) is 1. The van der Waals surface area contributed by atoms with Crippen LogP contribution in [-0.2, 0) is 22.4 Å². The van der Waals surface area contributed by atoms with Gasteiger partial charge in [-0.2, -0.15) is 0 Å². The lowest BCUT2D eigenvalue weighted by Gasteiger charge is -2.36. The number of fused-ring (bicyclic) bond motifs is 1. The average Bonchev–Trinajstić information content (AvgIpc) is 2.84. The molecule has 1 atom stereocenters. The Labute approximate surface area is 119 Å². The molecule has 0 radical (unpaired) electrons. The highest BCUT2D eigenvalue weighted by molar-refractivity contribution is 5.88. The van der Waals surface area contributed by atoms with Gasteiger partial charge in [0.2, 0.25) is 5.91 Å². The van der Waals surface area contributed by atoms with Gasteiger partial charge in [-0.3, -0.25) is 4.79 Å². The van der Waals surface area contributed by atoms with Crippen LogP contribution < -0.4 is 5.73 Å². The van der Waals surface area contributed by atoms with E-state index >= 15 is 0 Å². The van der Waals surface area contributed by atoms with E-state index < -0.39 is 5.54 Å². The summed E-state index contributed by atoms with van der Waals surface area (Å²) in [5, 5.41) is 0. The summed E-state index contributed by atoms with van der Waals surface area (Å²) in [7, 11) is 1.71. The Morgan fingerprint density at radius 3 is 2.60 bits per heavy atom. The number of methoxy groups -OCH3 is 1. The van der Waals surface area contributed by atoms with Crippen LogP contribution in [0.4, 0.5) is 0 Å². The van der Waals surface area contributed by atoms with Crippen LogP contribution in [0.3, 0.4) is 0 Å². The predicted octanol–water partition coefficient (Wildman–Crippen LogP) is 1.12. The molecule has 4 nitrogen and oxygen atoms in total. The smallest absolute Gasteiger partial charge is 0.243 e. The molecule has 2 aliphatic rings. The van der Waals surface area contributed by atoms with Gasteiger partial charge in [0.15, 0.2) is 0 Å². The zero-order valence-electron chi connectivity index (χ0n) is 12.0. The summed E-state index contributed by atoms with van der Waals surface area (Å²) in [6.45, 7) is 1.47. The fourth-order valence-electron chi connectivity index (χ4n) is 3.43. The first-order chi connectivity index (χ1) is 9.62. The number of rotatable bonds is 2. The number of amides is 1. The minimum Gasteiger partial charge on any atom is -0.380 e. The normalized spacial score (nSPS) is 24.5. The molecule has 2 N–H and O–H groups in total. The van der Waals surface area contributed by atoms with Crippen molar-refractivity contribution < 1.29 is 9.53 Å². The lowest BCUT2D eigenvalue weighted by atomic mass is 9.93. The number of piperidine rings is 1. The summed E-state index contributed by atoms with van der Waals surface area (Å²) in [5.74, 6) is 0.0791. The summed E-state index contributed by atoms with van der Waals surface area (Å²) in [6, 6.07) is 8.17. The molecular formula is C16H22N2O2. The molecule has 0 aromatic heterocycles. The number of carbonyl (C=O) groups excluding carboxylic acids is 1. The maximum absolute atomic E-state index is 12.8.